The van der Waals surface area contributed by atoms with Gasteiger partial charge in [-0.15, -0.1) is 0 Å². The molecule has 6 rings (SSSR count). The van der Waals surface area contributed by atoms with E-state index >= 15 is 0 Å². The number of hydrogen-bond acceptors (Lipinski definition) is 8. The van der Waals surface area contributed by atoms with Crippen LogP contribution in [0.2, 0.25) is 0 Å². The molecule has 4 saturated heterocycles. The Morgan fingerprint density at radius 3 is 2.42 bits per heavy atom. The molecule has 9 nitrogen and oxygen atoms in total. The smallest absolute Gasteiger partial charge is 0.226 e. The van der Waals surface area contributed by atoms with E-state index in [1.807, 2.05) is 6.20 Å². The highest BCUT2D eigenvalue weighted by Crippen LogP contribution is 2.32. The number of hydrogen-bond donors (Lipinski definition) is 2. The fourth-order valence-electron chi connectivity index (χ4n) is 8.59. The maximum absolute atomic E-state index is 14.0. The molecule has 5 fully saturated rings. The number of nitrogens with one attached hydrogen (secondary N) is 2. The molecule has 5 aliphatic rings. The molecule has 1 aliphatic carbocycles. The van der Waals surface area contributed by atoms with Crippen LogP contribution in [0.5, 0.6) is 0 Å². The zero-order valence-electron chi connectivity index (χ0n) is 26.6. The average Bonchev–Trinajstić information content (AvgIpc) is 3.37. The Bertz CT molecular complexity index is 985. The van der Waals surface area contributed by atoms with Crippen LogP contribution in [0.15, 0.2) is 12.3 Å². The second-order valence-corrected chi connectivity index (χ2v) is 13.8. The van der Waals surface area contributed by atoms with Crippen LogP contribution in [-0.4, -0.2) is 102 Å². The standard InChI is InChI=1S/C34H57N7O2/c42-33(27-12-18-35-19-13-27)41(29-16-25-43-26-17-29)24-15-31-30(11-8-23-40(31)28-9-4-3-5-10-28)37-34-36-20-14-32(38-34)39-21-6-1-2-7-22-39/h14,20,27-31,35H,1-13,15-19,21-26H2,(H,36,37,38). The van der Waals surface area contributed by atoms with Crippen molar-refractivity contribution in [1.82, 2.24) is 25.1 Å². The molecule has 0 bridgehead atoms. The molecule has 1 aromatic heterocycles. The van der Waals surface area contributed by atoms with Crippen molar-refractivity contribution in [3.63, 3.8) is 0 Å². The molecule has 2 atom stereocenters. The molecule has 240 valence electrons. The molecule has 1 aromatic rings. The van der Waals surface area contributed by atoms with Crippen LogP contribution < -0.4 is 15.5 Å². The summed E-state index contributed by atoms with van der Waals surface area (Å²) in [5, 5.41) is 7.32. The quantitative estimate of drug-likeness (QED) is 0.420. The predicted molar refractivity (Wildman–Crippen MR) is 172 cm³/mol. The van der Waals surface area contributed by atoms with Gasteiger partial charge in [0.2, 0.25) is 11.9 Å². The summed E-state index contributed by atoms with van der Waals surface area (Å²) in [4.78, 5) is 31.4. The van der Waals surface area contributed by atoms with E-state index in [-0.39, 0.29) is 5.92 Å². The highest BCUT2D eigenvalue weighted by Gasteiger charge is 2.38. The minimum atomic E-state index is 0.161. The van der Waals surface area contributed by atoms with Gasteiger partial charge in [0.25, 0.3) is 0 Å². The molecule has 4 aliphatic heterocycles. The zero-order chi connectivity index (χ0) is 29.3. The highest BCUT2D eigenvalue weighted by molar-refractivity contribution is 5.79. The van der Waals surface area contributed by atoms with Crippen molar-refractivity contribution >= 4 is 17.7 Å². The number of piperidine rings is 2. The largest absolute Gasteiger partial charge is 0.381 e. The van der Waals surface area contributed by atoms with Gasteiger partial charge in [-0.2, -0.15) is 4.98 Å². The van der Waals surface area contributed by atoms with Gasteiger partial charge in [0.1, 0.15) is 5.82 Å². The first-order valence-electron chi connectivity index (χ1n) is 18.0. The van der Waals surface area contributed by atoms with Crippen molar-refractivity contribution in [3.8, 4) is 0 Å². The van der Waals surface area contributed by atoms with Crippen molar-refractivity contribution in [1.29, 1.82) is 0 Å². The van der Waals surface area contributed by atoms with Gasteiger partial charge in [-0.25, -0.2) is 4.98 Å². The summed E-state index contributed by atoms with van der Waals surface area (Å²) in [6.07, 6.45) is 20.9. The lowest BCUT2D eigenvalue weighted by Crippen LogP contribution is -2.57. The van der Waals surface area contributed by atoms with Gasteiger partial charge in [-0.3, -0.25) is 9.69 Å². The minimum absolute atomic E-state index is 0.161. The number of nitrogens with zero attached hydrogens (tertiary/aromatic N) is 5. The molecule has 9 heteroatoms. The van der Waals surface area contributed by atoms with E-state index in [2.05, 4.69) is 31.4 Å². The predicted octanol–water partition coefficient (Wildman–Crippen LogP) is 4.83. The van der Waals surface area contributed by atoms with E-state index in [0.29, 0.717) is 30.1 Å². The SMILES string of the molecule is O=C(C1CCNCC1)N(CCC1C(Nc2nccc(N3CCCCCC3)n2)CCCN1C1CCCCC1)C1CCOCC1. The summed E-state index contributed by atoms with van der Waals surface area (Å²) in [6.45, 7) is 7.64. The van der Waals surface area contributed by atoms with E-state index in [0.717, 1.165) is 96.2 Å². The monoisotopic (exact) mass is 595 g/mol. The summed E-state index contributed by atoms with van der Waals surface area (Å²) in [5.41, 5.74) is 0. The number of rotatable bonds is 9. The lowest BCUT2D eigenvalue weighted by atomic mass is 9.86. The van der Waals surface area contributed by atoms with Gasteiger partial charge < -0.3 is 25.2 Å². The normalized spacial score (nSPS) is 27.5. The summed E-state index contributed by atoms with van der Waals surface area (Å²) in [7, 11) is 0. The molecule has 1 amide bonds. The third kappa shape index (κ3) is 8.20. The molecule has 1 saturated carbocycles. The summed E-state index contributed by atoms with van der Waals surface area (Å²) < 4.78 is 5.73. The Morgan fingerprint density at radius 2 is 1.65 bits per heavy atom. The molecule has 43 heavy (non-hydrogen) atoms. The Hall–Kier alpha value is -1.97. The number of ether oxygens (including phenoxy) is 1. The number of amides is 1. The lowest BCUT2D eigenvalue weighted by molar-refractivity contribution is -0.141. The minimum Gasteiger partial charge on any atom is -0.381 e. The maximum atomic E-state index is 14.0. The third-order valence-electron chi connectivity index (χ3n) is 11.0. The number of likely N-dealkylation sites (tertiary alicyclic amines) is 1. The summed E-state index contributed by atoms with van der Waals surface area (Å²) in [6, 6.07) is 3.72. The van der Waals surface area contributed by atoms with Crippen LogP contribution in [0, 0.1) is 5.92 Å². The summed E-state index contributed by atoms with van der Waals surface area (Å²) >= 11 is 0. The van der Waals surface area contributed by atoms with Crippen molar-refractivity contribution in [3.05, 3.63) is 12.3 Å². The van der Waals surface area contributed by atoms with Crippen molar-refractivity contribution < 1.29 is 9.53 Å². The Labute approximate surface area is 259 Å². The zero-order valence-corrected chi connectivity index (χ0v) is 26.6. The fourth-order valence-corrected chi connectivity index (χ4v) is 8.59. The fraction of sp³-hybridized carbons (Fsp3) is 0.853. The molecule has 0 spiro atoms. The van der Waals surface area contributed by atoms with Crippen LogP contribution in [0.4, 0.5) is 11.8 Å². The molecule has 0 radical (unpaired) electrons. The molecular formula is C34H57N7O2. The van der Waals surface area contributed by atoms with Gasteiger partial charge in [0.05, 0.1) is 0 Å². The molecule has 2 N–H and O–H groups in total. The summed E-state index contributed by atoms with van der Waals surface area (Å²) in [5.74, 6) is 2.39. The first kappa shape index (κ1) is 31.0. The van der Waals surface area contributed by atoms with Gasteiger partial charge in [0.15, 0.2) is 0 Å². The first-order valence-corrected chi connectivity index (χ1v) is 18.0. The van der Waals surface area contributed by atoms with Crippen molar-refractivity contribution in [2.24, 2.45) is 5.92 Å². The Morgan fingerprint density at radius 1 is 0.907 bits per heavy atom. The van der Waals surface area contributed by atoms with E-state index < -0.39 is 0 Å². The van der Waals surface area contributed by atoms with Crippen LogP contribution in [0.3, 0.4) is 0 Å². The average molecular weight is 596 g/mol. The van der Waals surface area contributed by atoms with Gasteiger partial charge >= 0.3 is 0 Å². The van der Waals surface area contributed by atoms with E-state index in [4.69, 9.17) is 14.7 Å². The first-order chi connectivity index (χ1) is 21.3. The Balaban J connectivity index is 1.20. The van der Waals surface area contributed by atoms with E-state index in [1.165, 1.54) is 70.8 Å². The highest BCUT2D eigenvalue weighted by atomic mass is 16.5. The third-order valence-corrected chi connectivity index (χ3v) is 11.0. The molecule has 5 heterocycles. The van der Waals surface area contributed by atoms with Crippen LogP contribution in [0.1, 0.15) is 103 Å². The van der Waals surface area contributed by atoms with Gasteiger partial charge in [-0.05, 0) is 96.3 Å². The molecular weight excluding hydrogens is 538 g/mol. The van der Waals surface area contributed by atoms with Crippen LogP contribution in [0.25, 0.3) is 0 Å². The number of anilines is 2. The lowest BCUT2D eigenvalue weighted by Gasteiger charge is -2.48. The van der Waals surface area contributed by atoms with Crippen molar-refractivity contribution in [2.45, 2.75) is 127 Å². The second kappa shape index (κ2) is 15.8. The van der Waals surface area contributed by atoms with Gasteiger partial charge in [0, 0.05) is 69.1 Å². The second-order valence-electron chi connectivity index (χ2n) is 13.8. The van der Waals surface area contributed by atoms with E-state index in [1.54, 1.807) is 0 Å². The van der Waals surface area contributed by atoms with Gasteiger partial charge in [-0.1, -0.05) is 32.1 Å². The number of aromatic nitrogens is 2. The molecule has 0 aromatic carbocycles. The maximum Gasteiger partial charge on any atom is 0.226 e. The van der Waals surface area contributed by atoms with Crippen molar-refractivity contribution in [2.75, 3.05) is 62.7 Å². The van der Waals surface area contributed by atoms with Crippen LogP contribution in [-0.2, 0) is 9.53 Å². The number of carbonyl (C=O) groups excluding carboxylic acids is 1. The topological polar surface area (TPSA) is 85.9 Å². The van der Waals surface area contributed by atoms with Crippen LogP contribution >= 0.6 is 0 Å². The molecule has 2 unspecified atom stereocenters. The van der Waals surface area contributed by atoms with E-state index in [9.17, 15) is 4.79 Å². The Kier molecular flexibility index (Phi) is 11.4. The number of carbonyl (C=O) groups is 1.